The Morgan fingerprint density at radius 1 is 1.22 bits per heavy atom. The Bertz CT molecular complexity index is 824. The van der Waals surface area contributed by atoms with E-state index in [1.54, 1.807) is 12.3 Å². The highest BCUT2D eigenvalue weighted by molar-refractivity contribution is 5.94. The second-order valence-corrected chi connectivity index (χ2v) is 8.72. The lowest BCUT2D eigenvalue weighted by Gasteiger charge is -2.27. The molecule has 8 nitrogen and oxygen atoms in total. The van der Waals surface area contributed by atoms with Gasteiger partial charge in [0, 0.05) is 38.9 Å². The van der Waals surface area contributed by atoms with Gasteiger partial charge in [-0.2, -0.15) is 13.2 Å². The number of hydrogen-bond donors (Lipinski definition) is 2. The van der Waals surface area contributed by atoms with Crippen LogP contribution in [0.15, 0.2) is 18.3 Å². The third kappa shape index (κ3) is 5.08. The van der Waals surface area contributed by atoms with Crippen LogP contribution in [0.2, 0.25) is 0 Å². The minimum Gasteiger partial charge on any atom is -0.475 e. The van der Waals surface area contributed by atoms with E-state index in [0.717, 1.165) is 26.1 Å². The van der Waals surface area contributed by atoms with Gasteiger partial charge in [-0.05, 0) is 50.4 Å². The first-order valence-electron chi connectivity index (χ1n) is 10.8. The zero-order chi connectivity index (χ0) is 23.5. The summed E-state index contributed by atoms with van der Waals surface area (Å²) in [4.78, 5) is 44.0. The lowest BCUT2D eigenvalue weighted by atomic mass is 9.78. The molecule has 0 aromatic carbocycles. The zero-order valence-corrected chi connectivity index (χ0v) is 18.0. The predicted molar refractivity (Wildman–Crippen MR) is 109 cm³/mol. The molecule has 1 aromatic heterocycles. The summed E-state index contributed by atoms with van der Waals surface area (Å²) < 4.78 is 31.7. The van der Waals surface area contributed by atoms with E-state index in [0.29, 0.717) is 18.8 Å². The molecule has 2 atom stereocenters. The number of H-pyrrole nitrogens is 1. The highest BCUT2D eigenvalue weighted by Crippen LogP contribution is 2.44. The Morgan fingerprint density at radius 2 is 1.88 bits per heavy atom. The van der Waals surface area contributed by atoms with Crippen molar-refractivity contribution in [1.29, 1.82) is 0 Å². The van der Waals surface area contributed by atoms with E-state index in [4.69, 9.17) is 9.90 Å². The maximum atomic E-state index is 13.2. The Kier molecular flexibility index (Phi) is 7.16. The molecule has 2 amide bonds. The third-order valence-corrected chi connectivity index (χ3v) is 6.69. The Labute approximate surface area is 184 Å². The first-order valence-corrected chi connectivity index (χ1v) is 10.8. The van der Waals surface area contributed by atoms with Crippen LogP contribution in [-0.2, 0) is 9.59 Å². The number of carboxylic acid groups (broad SMARTS) is 1. The van der Waals surface area contributed by atoms with Crippen LogP contribution in [-0.4, -0.2) is 94.6 Å². The molecule has 1 spiro atoms. The molecule has 2 N–H and O–H groups in total. The van der Waals surface area contributed by atoms with Gasteiger partial charge in [-0.1, -0.05) is 6.92 Å². The number of halogens is 3. The van der Waals surface area contributed by atoms with Crippen molar-refractivity contribution < 1.29 is 32.7 Å². The van der Waals surface area contributed by atoms with Gasteiger partial charge in [0.15, 0.2) is 0 Å². The molecule has 3 aliphatic rings. The third-order valence-electron chi connectivity index (χ3n) is 6.69. The van der Waals surface area contributed by atoms with Gasteiger partial charge in [0.05, 0.1) is 5.41 Å². The minimum atomic E-state index is -5.08. The minimum absolute atomic E-state index is 0.0111. The fraction of sp³-hybridized carbons (Fsp3) is 0.667. The van der Waals surface area contributed by atoms with E-state index in [2.05, 4.69) is 16.8 Å². The Hall–Kier alpha value is -2.56. The van der Waals surface area contributed by atoms with Crippen LogP contribution in [0.4, 0.5) is 13.2 Å². The first kappa shape index (κ1) is 24.1. The average molecular weight is 458 g/mol. The van der Waals surface area contributed by atoms with E-state index in [9.17, 15) is 22.8 Å². The van der Waals surface area contributed by atoms with Crippen molar-refractivity contribution in [3.63, 3.8) is 0 Å². The molecule has 4 heterocycles. The van der Waals surface area contributed by atoms with Crippen LogP contribution in [0.5, 0.6) is 0 Å². The van der Waals surface area contributed by atoms with Gasteiger partial charge >= 0.3 is 12.1 Å². The molecular formula is C21H29F3N4O4. The summed E-state index contributed by atoms with van der Waals surface area (Å²) >= 11 is 0. The summed E-state index contributed by atoms with van der Waals surface area (Å²) in [6, 6.07) is 3.64. The summed E-state index contributed by atoms with van der Waals surface area (Å²) in [5.74, 6) is -2.26. The number of alkyl halides is 3. The molecule has 4 rings (SSSR count). The van der Waals surface area contributed by atoms with Gasteiger partial charge in [-0.25, -0.2) is 4.79 Å². The topological polar surface area (TPSA) is 97.0 Å². The highest BCUT2D eigenvalue weighted by Gasteiger charge is 2.55. The van der Waals surface area contributed by atoms with Gasteiger partial charge in [-0.3, -0.25) is 9.59 Å². The van der Waals surface area contributed by atoms with Crippen molar-refractivity contribution >= 4 is 17.8 Å². The number of hydrogen-bond acceptors (Lipinski definition) is 4. The van der Waals surface area contributed by atoms with Crippen LogP contribution in [0.1, 0.15) is 36.7 Å². The van der Waals surface area contributed by atoms with Crippen molar-refractivity contribution in [2.24, 2.45) is 11.3 Å². The fourth-order valence-electron chi connectivity index (χ4n) is 4.80. The molecule has 1 aromatic rings. The van der Waals surface area contributed by atoms with E-state index < -0.39 is 12.1 Å². The molecule has 3 aliphatic heterocycles. The lowest BCUT2D eigenvalue weighted by Crippen LogP contribution is -2.42. The molecule has 3 fully saturated rings. The smallest absolute Gasteiger partial charge is 0.475 e. The van der Waals surface area contributed by atoms with Gasteiger partial charge in [0.1, 0.15) is 5.69 Å². The number of likely N-dealkylation sites (tertiary alicyclic amines) is 3. The molecule has 0 bridgehead atoms. The Morgan fingerprint density at radius 3 is 2.44 bits per heavy atom. The molecule has 32 heavy (non-hydrogen) atoms. The number of rotatable bonds is 4. The first-order chi connectivity index (χ1) is 15.0. The maximum Gasteiger partial charge on any atom is 0.490 e. The quantitative estimate of drug-likeness (QED) is 0.720. The number of aliphatic carboxylic acids is 1. The standard InChI is InChI=1S/C19H28N4O2.C2HF3O2/c1-15-13-23(17(24)16-5-4-7-20-16)14-19(15)6-10-22(18(19)25)12-11-21-8-2-3-9-21;3-2(4,5)1(6)7/h4-5,7,15,20H,2-3,6,8-14H2,1H3;(H,6,7)/t15-,19-;/m1./s1. The number of aromatic nitrogens is 1. The number of carboxylic acids is 1. The van der Waals surface area contributed by atoms with E-state index in [-0.39, 0.29) is 23.1 Å². The van der Waals surface area contributed by atoms with Crippen molar-refractivity contribution in [2.45, 2.75) is 32.4 Å². The maximum absolute atomic E-state index is 13.2. The van der Waals surface area contributed by atoms with Gasteiger partial charge in [0.2, 0.25) is 5.91 Å². The molecular weight excluding hydrogens is 429 g/mol. The number of nitrogens with zero attached hydrogens (tertiary/aromatic N) is 3. The molecule has 0 radical (unpaired) electrons. The van der Waals surface area contributed by atoms with Crippen LogP contribution in [0, 0.1) is 11.3 Å². The molecule has 3 saturated heterocycles. The van der Waals surface area contributed by atoms with E-state index >= 15 is 0 Å². The van der Waals surface area contributed by atoms with E-state index in [1.165, 1.54) is 25.9 Å². The van der Waals surface area contributed by atoms with Crippen molar-refractivity contribution in [1.82, 2.24) is 19.7 Å². The highest BCUT2D eigenvalue weighted by atomic mass is 19.4. The van der Waals surface area contributed by atoms with Crippen LogP contribution in [0.3, 0.4) is 0 Å². The van der Waals surface area contributed by atoms with Gasteiger partial charge in [0.25, 0.3) is 5.91 Å². The largest absolute Gasteiger partial charge is 0.490 e. The van der Waals surface area contributed by atoms with Crippen molar-refractivity contribution in [3.05, 3.63) is 24.0 Å². The molecule has 178 valence electrons. The monoisotopic (exact) mass is 458 g/mol. The van der Waals surface area contributed by atoms with Gasteiger partial charge in [-0.15, -0.1) is 0 Å². The molecule has 11 heteroatoms. The average Bonchev–Trinajstić information content (AvgIpc) is 3.51. The lowest BCUT2D eigenvalue weighted by molar-refractivity contribution is -0.192. The molecule has 0 unspecified atom stereocenters. The summed E-state index contributed by atoms with van der Waals surface area (Å²) in [6.07, 6.45) is 0.125. The number of aromatic amines is 1. The van der Waals surface area contributed by atoms with Crippen LogP contribution >= 0.6 is 0 Å². The normalized spacial score (nSPS) is 26.0. The number of amides is 2. The number of carbonyl (C=O) groups is 3. The fourth-order valence-corrected chi connectivity index (χ4v) is 4.80. The Balaban J connectivity index is 0.000000360. The van der Waals surface area contributed by atoms with Crippen molar-refractivity contribution in [2.75, 3.05) is 45.8 Å². The summed E-state index contributed by atoms with van der Waals surface area (Å²) in [5, 5.41) is 7.12. The molecule has 0 aliphatic carbocycles. The van der Waals surface area contributed by atoms with Crippen molar-refractivity contribution in [3.8, 4) is 0 Å². The zero-order valence-electron chi connectivity index (χ0n) is 18.0. The summed E-state index contributed by atoms with van der Waals surface area (Å²) in [7, 11) is 0. The number of nitrogens with one attached hydrogen (secondary N) is 1. The second-order valence-electron chi connectivity index (χ2n) is 8.72. The van der Waals surface area contributed by atoms with Gasteiger partial charge < -0.3 is 24.8 Å². The summed E-state index contributed by atoms with van der Waals surface area (Å²) in [5.41, 5.74) is 0.244. The SMILES string of the molecule is C[C@@H]1CN(C(=O)c2ccc[nH]2)C[C@]12CCN(CCN1CCCC1)C2=O.O=C(O)C(F)(F)F. The molecule has 0 saturated carbocycles. The van der Waals surface area contributed by atoms with E-state index in [1.807, 2.05) is 15.9 Å². The predicted octanol–water partition coefficient (Wildman–Crippen LogP) is 2.05. The second kappa shape index (κ2) is 9.51. The van der Waals surface area contributed by atoms with Crippen LogP contribution < -0.4 is 0 Å². The summed E-state index contributed by atoms with van der Waals surface area (Å²) in [6.45, 7) is 8.35. The number of carbonyl (C=O) groups excluding carboxylic acids is 2. The van der Waals surface area contributed by atoms with Crippen LogP contribution in [0.25, 0.3) is 0 Å².